The van der Waals surface area contributed by atoms with Gasteiger partial charge in [0.25, 0.3) is 0 Å². The Hall–Kier alpha value is -2.60. The highest BCUT2D eigenvalue weighted by molar-refractivity contribution is 6.00. The molecule has 1 aromatic carbocycles. The lowest BCUT2D eigenvalue weighted by Gasteiger charge is -2.51. The summed E-state index contributed by atoms with van der Waals surface area (Å²) in [7, 11) is 0. The molecule has 1 atom stereocenters. The van der Waals surface area contributed by atoms with Crippen LogP contribution in [0, 0.1) is 0 Å². The Morgan fingerprint density at radius 3 is 2.50 bits per heavy atom. The Labute approximate surface area is 191 Å². The van der Waals surface area contributed by atoms with Gasteiger partial charge in [-0.1, -0.05) is 56.5 Å². The minimum atomic E-state index is -0.795. The van der Waals surface area contributed by atoms with Crippen molar-refractivity contribution >= 4 is 11.8 Å². The molecule has 32 heavy (non-hydrogen) atoms. The van der Waals surface area contributed by atoms with Gasteiger partial charge in [0.05, 0.1) is 12.8 Å². The number of unbranched alkanes of at least 4 members (excludes halogenated alkanes) is 3. The summed E-state index contributed by atoms with van der Waals surface area (Å²) in [4.78, 5) is 31.4. The second-order valence-corrected chi connectivity index (χ2v) is 9.15. The molecule has 1 unspecified atom stereocenters. The zero-order valence-electron chi connectivity index (χ0n) is 19.1. The van der Waals surface area contributed by atoms with Gasteiger partial charge in [-0.3, -0.25) is 9.59 Å². The number of hydrogen-bond acceptors (Lipinski definition) is 4. The maximum atomic E-state index is 13.7. The van der Waals surface area contributed by atoms with E-state index in [0.717, 1.165) is 25.2 Å². The van der Waals surface area contributed by atoms with Crippen LogP contribution in [0.2, 0.25) is 0 Å². The molecule has 2 aromatic rings. The summed E-state index contributed by atoms with van der Waals surface area (Å²) >= 11 is 0. The monoisotopic (exact) mass is 437 g/mol. The fraction of sp³-hybridized carbons (Fsp3) is 0.538. The minimum absolute atomic E-state index is 0.0127. The van der Waals surface area contributed by atoms with E-state index in [1.54, 1.807) is 6.26 Å². The van der Waals surface area contributed by atoms with Gasteiger partial charge in [0.1, 0.15) is 17.3 Å². The zero-order valence-corrected chi connectivity index (χ0v) is 19.1. The molecule has 0 bridgehead atoms. The van der Waals surface area contributed by atoms with Crippen LogP contribution >= 0.6 is 0 Å². The van der Waals surface area contributed by atoms with E-state index in [2.05, 4.69) is 17.1 Å². The van der Waals surface area contributed by atoms with Crippen LogP contribution < -0.4 is 5.32 Å². The average Bonchev–Trinajstić information content (AvgIpc) is 3.33. The smallest absolute Gasteiger partial charge is 0.246 e. The van der Waals surface area contributed by atoms with Crippen molar-refractivity contribution in [2.75, 3.05) is 19.6 Å². The first kappa shape index (κ1) is 22.6. The predicted octanol–water partition coefficient (Wildman–Crippen LogP) is 3.76. The van der Waals surface area contributed by atoms with Gasteiger partial charge in [-0.25, -0.2) is 0 Å². The van der Waals surface area contributed by atoms with Crippen molar-refractivity contribution in [1.29, 1.82) is 0 Å². The van der Waals surface area contributed by atoms with Gasteiger partial charge in [0.15, 0.2) is 0 Å². The topological polar surface area (TPSA) is 65.8 Å². The van der Waals surface area contributed by atoms with E-state index in [-0.39, 0.29) is 11.8 Å². The molecule has 0 radical (unpaired) electrons. The average molecular weight is 438 g/mol. The molecule has 3 heterocycles. The first-order chi connectivity index (χ1) is 15.6. The first-order valence-corrected chi connectivity index (χ1v) is 12.0. The van der Waals surface area contributed by atoms with Crippen molar-refractivity contribution in [2.24, 2.45) is 0 Å². The minimum Gasteiger partial charge on any atom is -0.467 e. The number of nitrogens with one attached hydrogen (secondary N) is 1. The van der Waals surface area contributed by atoms with Crippen LogP contribution in [0.4, 0.5) is 0 Å². The molecular weight excluding hydrogens is 402 g/mol. The third kappa shape index (κ3) is 4.90. The van der Waals surface area contributed by atoms with Gasteiger partial charge in [-0.2, -0.15) is 0 Å². The van der Waals surface area contributed by atoms with E-state index < -0.39 is 11.6 Å². The summed E-state index contributed by atoms with van der Waals surface area (Å²) in [6.07, 6.45) is 8.40. The Balaban J connectivity index is 1.49. The van der Waals surface area contributed by atoms with Gasteiger partial charge >= 0.3 is 0 Å². The standard InChI is InChI=1S/C26H35N3O3/c1-2-3-4-8-15-28-16-13-26(14-17-28)25(31)27-23(19-21-10-6-5-7-11-21)24(30)29(26)20-22-12-9-18-32-22/h5-7,9-12,18,23H,2-4,8,13-17,19-20H2,1H3,(H,27,31). The van der Waals surface area contributed by atoms with E-state index in [1.165, 1.54) is 25.7 Å². The zero-order chi connectivity index (χ0) is 22.4. The number of amides is 2. The van der Waals surface area contributed by atoms with E-state index >= 15 is 0 Å². The summed E-state index contributed by atoms with van der Waals surface area (Å²) in [5.41, 5.74) is 0.249. The van der Waals surface area contributed by atoms with Crippen molar-refractivity contribution in [1.82, 2.24) is 15.1 Å². The van der Waals surface area contributed by atoms with Crippen molar-refractivity contribution in [3.63, 3.8) is 0 Å². The molecule has 4 rings (SSSR count). The number of benzene rings is 1. The Kier molecular flexibility index (Phi) is 7.30. The van der Waals surface area contributed by atoms with Crippen LogP contribution in [-0.2, 0) is 22.6 Å². The van der Waals surface area contributed by atoms with Crippen molar-refractivity contribution in [2.45, 2.75) is 70.0 Å². The lowest BCUT2D eigenvalue weighted by atomic mass is 9.81. The number of furan rings is 1. The molecule has 2 aliphatic heterocycles. The number of hydrogen-bond donors (Lipinski definition) is 1. The number of likely N-dealkylation sites (tertiary alicyclic amines) is 1. The fourth-order valence-electron chi connectivity index (χ4n) is 5.06. The van der Waals surface area contributed by atoms with Crippen LogP contribution in [0.15, 0.2) is 53.1 Å². The molecule has 2 saturated heterocycles. The number of nitrogens with zero attached hydrogens (tertiary/aromatic N) is 2. The number of piperazine rings is 1. The maximum Gasteiger partial charge on any atom is 0.246 e. The number of carbonyl (C=O) groups excluding carboxylic acids is 2. The summed E-state index contributed by atoms with van der Waals surface area (Å²) in [5, 5.41) is 3.08. The molecule has 6 heteroatoms. The molecule has 1 N–H and O–H groups in total. The number of piperidine rings is 1. The molecule has 0 saturated carbocycles. The molecule has 2 amide bonds. The molecule has 1 aromatic heterocycles. The summed E-state index contributed by atoms with van der Waals surface area (Å²) in [5.74, 6) is 0.685. The van der Waals surface area contributed by atoms with E-state index in [0.29, 0.717) is 31.6 Å². The molecular formula is C26H35N3O3. The van der Waals surface area contributed by atoms with Gasteiger partial charge < -0.3 is 19.5 Å². The van der Waals surface area contributed by atoms with Crippen molar-refractivity contribution < 1.29 is 14.0 Å². The fourth-order valence-corrected chi connectivity index (χ4v) is 5.06. The third-order valence-corrected chi connectivity index (χ3v) is 7.00. The molecule has 2 aliphatic rings. The summed E-state index contributed by atoms with van der Waals surface area (Å²) in [6.45, 7) is 5.30. The van der Waals surface area contributed by atoms with Crippen LogP contribution in [0.5, 0.6) is 0 Å². The molecule has 6 nitrogen and oxygen atoms in total. The maximum absolute atomic E-state index is 13.7. The first-order valence-electron chi connectivity index (χ1n) is 12.0. The molecule has 1 spiro atoms. The molecule has 2 fully saturated rings. The highest BCUT2D eigenvalue weighted by Crippen LogP contribution is 2.35. The SMILES string of the molecule is CCCCCCN1CCC2(CC1)C(=O)NC(Cc1ccccc1)C(=O)N2Cc1ccco1. The second-order valence-electron chi connectivity index (χ2n) is 9.15. The van der Waals surface area contributed by atoms with E-state index in [4.69, 9.17) is 4.42 Å². The van der Waals surface area contributed by atoms with Crippen molar-refractivity contribution in [3.05, 3.63) is 60.1 Å². The van der Waals surface area contributed by atoms with Gasteiger partial charge in [-0.15, -0.1) is 0 Å². The summed E-state index contributed by atoms with van der Waals surface area (Å²) in [6, 6.07) is 13.0. The van der Waals surface area contributed by atoms with E-state index in [1.807, 2.05) is 47.4 Å². The van der Waals surface area contributed by atoms with Gasteiger partial charge in [0, 0.05) is 19.5 Å². The van der Waals surface area contributed by atoms with Crippen LogP contribution in [0.3, 0.4) is 0 Å². The van der Waals surface area contributed by atoms with Crippen LogP contribution in [0.25, 0.3) is 0 Å². The lowest BCUT2D eigenvalue weighted by Crippen LogP contribution is -2.72. The highest BCUT2D eigenvalue weighted by atomic mass is 16.3. The quantitative estimate of drug-likeness (QED) is 0.607. The van der Waals surface area contributed by atoms with Crippen LogP contribution in [0.1, 0.15) is 56.8 Å². The Morgan fingerprint density at radius 2 is 1.81 bits per heavy atom. The third-order valence-electron chi connectivity index (χ3n) is 7.00. The van der Waals surface area contributed by atoms with Crippen molar-refractivity contribution in [3.8, 4) is 0 Å². The van der Waals surface area contributed by atoms with Gasteiger partial charge in [0.2, 0.25) is 11.8 Å². The normalized spacial score (nSPS) is 21.2. The lowest BCUT2D eigenvalue weighted by molar-refractivity contribution is -0.162. The molecule has 172 valence electrons. The Morgan fingerprint density at radius 1 is 1.03 bits per heavy atom. The number of carbonyl (C=O) groups is 2. The molecule has 0 aliphatic carbocycles. The van der Waals surface area contributed by atoms with Gasteiger partial charge in [-0.05, 0) is 43.5 Å². The highest BCUT2D eigenvalue weighted by Gasteiger charge is 2.53. The summed E-state index contributed by atoms with van der Waals surface area (Å²) < 4.78 is 5.57. The second kappa shape index (κ2) is 10.3. The van der Waals surface area contributed by atoms with E-state index in [9.17, 15) is 9.59 Å². The Bertz CT molecular complexity index is 873. The largest absolute Gasteiger partial charge is 0.467 e. The predicted molar refractivity (Wildman–Crippen MR) is 124 cm³/mol. The van der Waals surface area contributed by atoms with Crippen LogP contribution in [-0.4, -0.2) is 52.8 Å². The number of rotatable bonds is 9.